The van der Waals surface area contributed by atoms with Crippen molar-refractivity contribution >= 4 is 59.7 Å². The molecule has 0 spiro atoms. The molecule has 0 atom stereocenters. The molecule has 0 unspecified atom stereocenters. The number of hydrogen-bond acceptors (Lipinski definition) is 1. The Bertz CT molecular complexity index is 1160. The first kappa shape index (κ1) is 24.1. The van der Waals surface area contributed by atoms with Crippen molar-refractivity contribution < 1.29 is 4.57 Å². The Labute approximate surface area is 211 Å². The molecule has 0 heterocycles. The van der Waals surface area contributed by atoms with E-state index in [0.29, 0.717) is 10.0 Å². The van der Waals surface area contributed by atoms with Crippen molar-refractivity contribution in [3.63, 3.8) is 0 Å². The van der Waals surface area contributed by atoms with Crippen LogP contribution >= 0.6 is 29.0 Å². The van der Waals surface area contributed by atoms with Crippen molar-refractivity contribution in [3.8, 4) is 0 Å². The van der Waals surface area contributed by atoms with Crippen LogP contribution < -0.4 is 10.6 Å². The molecule has 0 N–H and O–H groups in total. The summed E-state index contributed by atoms with van der Waals surface area (Å²) in [5.74, 6) is -2.64. The van der Waals surface area contributed by atoms with Crippen LogP contribution in [0.15, 0.2) is 115 Å². The molecule has 4 rings (SSSR count). The first-order chi connectivity index (χ1) is 16.1. The average molecular weight is 556 g/mol. The van der Waals surface area contributed by atoms with Crippen molar-refractivity contribution in [1.29, 1.82) is 0 Å². The summed E-state index contributed by atoms with van der Waals surface area (Å²) >= 11 is 12.2. The quantitative estimate of drug-likeness (QED) is 0.123. The van der Waals surface area contributed by atoms with E-state index in [4.69, 9.17) is 23.2 Å². The van der Waals surface area contributed by atoms with Crippen LogP contribution in [-0.2, 0) is 4.57 Å². The average Bonchev–Trinajstić information content (AvgIpc) is 2.86. The van der Waals surface area contributed by atoms with Crippen molar-refractivity contribution in [1.82, 2.24) is 0 Å². The normalized spacial score (nSPS) is 11.2. The molecule has 4 aromatic carbocycles. The first-order valence-electron chi connectivity index (χ1n) is 10.6. The Morgan fingerprint density at radius 3 is 1.52 bits per heavy atom. The van der Waals surface area contributed by atoms with Gasteiger partial charge in [0.15, 0.2) is 0 Å². The van der Waals surface area contributed by atoms with E-state index in [1.54, 1.807) is 0 Å². The number of benzene rings is 4. The van der Waals surface area contributed by atoms with Crippen molar-refractivity contribution in [2.24, 2.45) is 0 Å². The number of hydrogen-bond donors (Lipinski definition) is 0. The van der Waals surface area contributed by atoms with Gasteiger partial charge in [0, 0.05) is 0 Å². The maximum atomic E-state index is 14.3. The van der Waals surface area contributed by atoms with Crippen LogP contribution in [0.25, 0.3) is 5.57 Å². The summed E-state index contributed by atoms with van der Waals surface area (Å²) < 4.78 is 14.3. The Kier molecular flexibility index (Phi) is 8.31. The molecular weight excluding hydrogens is 533 g/mol. The van der Waals surface area contributed by atoms with Crippen LogP contribution in [0.2, 0.25) is 15.4 Å². The molecule has 0 bridgehead atoms. The molecule has 166 valence electrons. The van der Waals surface area contributed by atoms with Crippen LogP contribution in [-0.4, -0.2) is 14.5 Å². The van der Waals surface area contributed by atoms with Gasteiger partial charge in [0.1, 0.15) is 0 Å². The minimum atomic E-state index is -2.64. The van der Waals surface area contributed by atoms with E-state index >= 15 is 0 Å². The Balaban J connectivity index is 1.59. The molecule has 0 saturated carbocycles. The van der Waals surface area contributed by atoms with Crippen LogP contribution in [0.5, 0.6) is 0 Å². The van der Waals surface area contributed by atoms with Gasteiger partial charge in [0.05, 0.1) is 0 Å². The van der Waals surface area contributed by atoms with Gasteiger partial charge in [0.2, 0.25) is 0 Å². The number of rotatable bonds is 8. The Hall–Kier alpha value is -2.05. The van der Waals surface area contributed by atoms with E-state index in [0.717, 1.165) is 39.0 Å². The Morgan fingerprint density at radius 2 is 1.09 bits per heavy atom. The second-order valence-electron chi connectivity index (χ2n) is 7.48. The number of halogens is 2. The van der Waals surface area contributed by atoms with Gasteiger partial charge < -0.3 is 0 Å². The van der Waals surface area contributed by atoms with Crippen LogP contribution in [0.4, 0.5) is 0 Å². The molecule has 1 nitrogen and oxygen atoms in total. The third-order valence-corrected chi connectivity index (χ3v) is 14.8. The summed E-state index contributed by atoms with van der Waals surface area (Å²) in [6, 6.07) is 35.6. The van der Waals surface area contributed by atoms with Crippen LogP contribution in [0.1, 0.15) is 17.5 Å². The van der Waals surface area contributed by atoms with Gasteiger partial charge >= 0.3 is 212 Å². The first-order valence-corrected chi connectivity index (χ1v) is 16.5. The monoisotopic (exact) mass is 556 g/mol. The predicted octanol–water partition coefficient (Wildman–Crippen LogP) is 7.87. The topological polar surface area (TPSA) is 17.1 Å². The van der Waals surface area contributed by atoms with E-state index in [1.807, 2.05) is 109 Å². The number of allylic oxidation sites excluding steroid dienone is 1. The molecule has 0 saturated heterocycles. The summed E-state index contributed by atoms with van der Waals surface area (Å²) in [6.07, 6.45) is 3.08. The summed E-state index contributed by atoms with van der Waals surface area (Å²) in [6.45, 7) is 0. The molecule has 0 amide bonds. The Morgan fingerprint density at radius 1 is 0.667 bits per heavy atom. The third kappa shape index (κ3) is 6.10. The molecule has 33 heavy (non-hydrogen) atoms. The van der Waals surface area contributed by atoms with E-state index < -0.39 is 5.83 Å². The van der Waals surface area contributed by atoms with Gasteiger partial charge in [-0.15, -0.1) is 0 Å². The molecule has 0 aliphatic heterocycles. The van der Waals surface area contributed by atoms with Gasteiger partial charge in [-0.05, 0) is 0 Å². The minimum absolute atomic E-state index is 0.0721. The van der Waals surface area contributed by atoms with Gasteiger partial charge in [-0.2, -0.15) is 0 Å². The van der Waals surface area contributed by atoms with Gasteiger partial charge in [-0.25, -0.2) is 0 Å². The fraction of sp³-hybridized carbons (Fsp3) is 0.0714. The molecule has 0 aliphatic rings. The van der Waals surface area contributed by atoms with Gasteiger partial charge in [-0.1, -0.05) is 0 Å². The van der Waals surface area contributed by atoms with Crippen molar-refractivity contribution in [2.45, 2.75) is 11.7 Å². The van der Waals surface area contributed by atoms with E-state index in [1.165, 1.54) is 0 Å². The molecule has 4 aromatic rings. The predicted molar refractivity (Wildman–Crippen MR) is 145 cm³/mol. The second kappa shape index (κ2) is 11.4. The summed E-state index contributed by atoms with van der Waals surface area (Å²) in [4.78, 5) is 0. The van der Waals surface area contributed by atoms with Gasteiger partial charge in [-0.3, -0.25) is 0 Å². The fourth-order valence-electron chi connectivity index (χ4n) is 3.59. The molecule has 0 aromatic heterocycles. The zero-order valence-electron chi connectivity index (χ0n) is 17.9. The SMILES string of the molecule is O=P([Se]CCC=C(c1ccc(Cl)cc1)c1ccc(Cl)cc1)(c1ccccc1)c1ccccc1. The summed E-state index contributed by atoms with van der Waals surface area (Å²) in [5.41, 5.74) is 3.33. The summed E-state index contributed by atoms with van der Waals surface area (Å²) in [5, 5.41) is 4.18. The maximum absolute atomic E-state index is 14.3. The zero-order chi connectivity index (χ0) is 23.1. The van der Waals surface area contributed by atoms with E-state index in [2.05, 4.69) is 6.08 Å². The zero-order valence-corrected chi connectivity index (χ0v) is 22.0. The fourth-order valence-corrected chi connectivity index (χ4v) is 11.9. The molecular formula is C28H23Cl2OPSe. The van der Waals surface area contributed by atoms with E-state index in [-0.39, 0.29) is 14.5 Å². The molecule has 0 radical (unpaired) electrons. The summed E-state index contributed by atoms with van der Waals surface area (Å²) in [7, 11) is 0. The third-order valence-electron chi connectivity index (χ3n) is 5.24. The molecule has 0 fully saturated rings. The molecule has 5 heteroatoms. The van der Waals surface area contributed by atoms with Crippen LogP contribution in [0.3, 0.4) is 0 Å². The van der Waals surface area contributed by atoms with Crippen molar-refractivity contribution in [3.05, 3.63) is 136 Å². The van der Waals surface area contributed by atoms with Gasteiger partial charge in [0.25, 0.3) is 0 Å². The van der Waals surface area contributed by atoms with E-state index in [9.17, 15) is 4.57 Å². The molecule has 0 aliphatic carbocycles. The van der Waals surface area contributed by atoms with Crippen LogP contribution in [0, 0.1) is 0 Å². The van der Waals surface area contributed by atoms with Crippen molar-refractivity contribution in [2.75, 3.05) is 0 Å². The second-order valence-corrected chi connectivity index (χ2v) is 16.5. The standard InChI is InChI=1S/C28H23Cl2OPSe/c29-24-17-13-22(14-18-24)28(23-15-19-25(30)20-16-23)12-7-21-33-32(31,26-8-3-1-4-9-26)27-10-5-2-6-11-27/h1-6,8-20H,7,21H2.